The van der Waals surface area contributed by atoms with Crippen LogP contribution >= 0.6 is 0 Å². The summed E-state index contributed by atoms with van der Waals surface area (Å²) in [5.41, 5.74) is 8.02. The molecule has 1 unspecified atom stereocenters. The first kappa shape index (κ1) is 13.1. The molecule has 0 fully saturated rings. The molecule has 2 rings (SSSR count). The minimum Gasteiger partial charge on any atom is -0.330 e. The minimum absolute atomic E-state index is 0.445. The summed E-state index contributed by atoms with van der Waals surface area (Å²) < 4.78 is 2.35. The van der Waals surface area contributed by atoms with E-state index < -0.39 is 0 Å². The Morgan fingerprint density at radius 1 is 1.22 bits per heavy atom. The third-order valence-electron chi connectivity index (χ3n) is 3.45. The zero-order valence-corrected chi connectivity index (χ0v) is 11.6. The minimum atomic E-state index is 0.445. The maximum absolute atomic E-state index is 5.68. The lowest BCUT2D eigenvalue weighted by Gasteiger charge is -2.14. The van der Waals surface area contributed by atoms with Crippen molar-refractivity contribution in [3.8, 4) is 0 Å². The van der Waals surface area contributed by atoms with Gasteiger partial charge in [0.05, 0.1) is 11.0 Å². The molecule has 0 spiro atoms. The van der Waals surface area contributed by atoms with Gasteiger partial charge >= 0.3 is 0 Å². The molecule has 0 saturated heterocycles. The van der Waals surface area contributed by atoms with Crippen LogP contribution < -0.4 is 5.73 Å². The summed E-state index contributed by atoms with van der Waals surface area (Å²) in [5, 5.41) is 0. The van der Waals surface area contributed by atoms with Gasteiger partial charge in [-0.15, -0.1) is 0 Å². The number of aryl methyl sites for hydroxylation is 1. The molecule has 2 aromatic rings. The Morgan fingerprint density at radius 3 is 2.61 bits per heavy atom. The number of hydrogen-bond donors (Lipinski definition) is 1. The number of fused-ring (bicyclic) bond motifs is 1. The molecule has 0 bridgehead atoms. The van der Waals surface area contributed by atoms with Gasteiger partial charge in [0.2, 0.25) is 0 Å². The van der Waals surface area contributed by atoms with Crippen LogP contribution in [-0.2, 0) is 6.42 Å². The predicted octanol–water partition coefficient (Wildman–Crippen LogP) is 3.14. The van der Waals surface area contributed by atoms with Crippen molar-refractivity contribution in [2.75, 3.05) is 6.54 Å². The van der Waals surface area contributed by atoms with Gasteiger partial charge in [0, 0.05) is 12.5 Å². The molecule has 98 valence electrons. The quantitative estimate of drug-likeness (QED) is 0.879. The molecule has 3 nitrogen and oxygen atoms in total. The van der Waals surface area contributed by atoms with E-state index in [4.69, 9.17) is 10.7 Å². The molecule has 1 aromatic carbocycles. The average molecular weight is 245 g/mol. The molecular formula is C15H23N3. The van der Waals surface area contributed by atoms with E-state index in [-0.39, 0.29) is 0 Å². The van der Waals surface area contributed by atoms with E-state index in [1.807, 2.05) is 6.07 Å². The highest BCUT2D eigenvalue weighted by molar-refractivity contribution is 5.76. The monoisotopic (exact) mass is 245 g/mol. The smallest absolute Gasteiger partial charge is 0.110 e. The summed E-state index contributed by atoms with van der Waals surface area (Å²) in [4.78, 5) is 4.76. The van der Waals surface area contributed by atoms with Crippen LogP contribution in [0.3, 0.4) is 0 Å². The Morgan fingerprint density at radius 2 is 1.94 bits per heavy atom. The van der Waals surface area contributed by atoms with Gasteiger partial charge in [-0.3, -0.25) is 0 Å². The number of nitrogens with two attached hydrogens (primary N) is 1. The predicted molar refractivity (Wildman–Crippen MR) is 76.7 cm³/mol. The average Bonchev–Trinajstić information content (AvgIpc) is 2.74. The van der Waals surface area contributed by atoms with Crippen molar-refractivity contribution in [2.45, 2.75) is 39.7 Å². The standard InChI is InChI=1S/C15H23N3/c1-11(2)18-14-7-5-4-6-13(14)17-15(18)9-8-12(3)10-16/h4-7,11-12H,8-10,16H2,1-3H3. The van der Waals surface area contributed by atoms with Crippen LogP contribution in [0.2, 0.25) is 0 Å². The second-order valence-corrected chi connectivity index (χ2v) is 5.36. The number of para-hydroxylation sites is 2. The first-order chi connectivity index (χ1) is 8.63. The molecule has 1 aromatic heterocycles. The molecule has 1 atom stereocenters. The second-order valence-electron chi connectivity index (χ2n) is 5.36. The summed E-state index contributed by atoms with van der Waals surface area (Å²) in [6.07, 6.45) is 2.11. The summed E-state index contributed by atoms with van der Waals surface area (Å²) >= 11 is 0. The topological polar surface area (TPSA) is 43.8 Å². The Balaban J connectivity index is 2.34. The van der Waals surface area contributed by atoms with Gasteiger partial charge in [-0.1, -0.05) is 19.1 Å². The van der Waals surface area contributed by atoms with Crippen molar-refractivity contribution in [1.29, 1.82) is 0 Å². The van der Waals surface area contributed by atoms with Crippen LogP contribution in [0.5, 0.6) is 0 Å². The van der Waals surface area contributed by atoms with Crippen LogP contribution in [0.1, 0.15) is 39.1 Å². The van der Waals surface area contributed by atoms with E-state index in [0.29, 0.717) is 12.0 Å². The van der Waals surface area contributed by atoms with E-state index in [0.717, 1.165) is 24.9 Å². The Labute approximate surface area is 109 Å². The van der Waals surface area contributed by atoms with Crippen molar-refractivity contribution in [2.24, 2.45) is 11.7 Å². The van der Waals surface area contributed by atoms with Crippen LogP contribution in [0.4, 0.5) is 0 Å². The van der Waals surface area contributed by atoms with Gasteiger partial charge in [-0.25, -0.2) is 4.98 Å². The van der Waals surface area contributed by atoms with Crippen molar-refractivity contribution in [3.05, 3.63) is 30.1 Å². The fraction of sp³-hybridized carbons (Fsp3) is 0.533. The van der Waals surface area contributed by atoms with Gasteiger partial charge in [-0.2, -0.15) is 0 Å². The van der Waals surface area contributed by atoms with Crippen LogP contribution in [0, 0.1) is 5.92 Å². The lowest BCUT2D eigenvalue weighted by Crippen LogP contribution is -2.13. The van der Waals surface area contributed by atoms with Crippen molar-refractivity contribution in [1.82, 2.24) is 9.55 Å². The lowest BCUT2D eigenvalue weighted by molar-refractivity contribution is 0.510. The number of imidazole rings is 1. The highest BCUT2D eigenvalue weighted by atomic mass is 15.1. The number of aromatic nitrogens is 2. The Hall–Kier alpha value is -1.35. The largest absolute Gasteiger partial charge is 0.330 e. The van der Waals surface area contributed by atoms with Gasteiger partial charge < -0.3 is 10.3 Å². The lowest BCUT2D eigenvalue weighted by atomic mass is 10.1. The highest BCUT2D eigenvalue weighted by Crippen LogP contribution is 2.22. The normalized spacial score (nSPS) is 13.4. The third kappa shape index (κ3) is 2.56. The summed E-state index contributed by atoms with van der Waals surface area (Å²) in [7, 11) is 0. The molecule has 0 radical (unpaired) electrons. The SMILES string of the molecule is CC(CN)CCc1nc2ccccc2n1C(C)C. The fourth-order valence-corrected chi connectivity index (χ4v) is 2.34. The van der Waals surface area contributed by atoms with E-state index in [9.17, 15) is 0 Å². The van der Waals surface area contributed by atoms with Crippen LogP contribution in [0.25, 0.3) is 11.0 Å². The summed E-state index contributed by atoms with van der Waals surface area (Å²) in [6, 6.07) is 8.81. The maximum atomic E-state index is 5.68. The molecule has 3 heteroatoms. The second kappa shape index (κ2) is 5.53. The summed E-state index contributed by atoms with van der Waals surface area (Å²) in [6.45, 7) is 7.37. The van der Waals surface area contributed by atoms with Crippen LogP contribution in [0.15, 0.2) is 24.3 Å². The van der Waals surface area contributed by atoms with Crippen molar-refractivity contribution < 1.29 is 0 Å². The number of hydrogen-bond acceptors (Lipinski definition) is 2. The Bertz CT molecular complexity index is 513. The molecule has 0 aliphatic rings. The van der Waals surface area contributed by atoms with Crippen molar-refractivity contribution in [3.63, 3.8) is 0 Å². The molecule has 0 amide bonds. The molecule has 1 heterocycles. The van der Waals surface area contributed by atoms with Crippen LogP contribution in [-0.4, -0.2) is 16.1 Å². The van der Waals surface area contributed by atoms with Gasteiger partial charge in [0.25, 0.3) is 0 Å². The van der Waals surface area contributed by atoms with E-state index >= 15 is 0 Å². The zero-order chi connectivity index (χ0) is 13.1. The number of nitrogens with zero attached hydrogens (tertiary/aromatic N) is 2. The molecule has 0 aliphatic carbocycles. The first-order valence-electron chi connectivity index (χ1n) is 6.79. The first-order valence-corrected chi connectivity index (χ1v) is 6.79. The maximum Gasteiger partial charge on any atom is 0.110 e. The molecule has 0 aliphatic heterocycles. The van der Waals surface area contributed by atoms with Gasteiger partial charge in [0.15, 0.2) is 0 Å². The van der Waals surface area contributed by atoms with Gasteiger partial charge in [-0.05, 0) is 44.9 Å². The van der Waals surface area contributed by atoms with E-state index in [1.165, 1.54) is 11.3 Å². The highest BCUT2D eigenvalue weighted by Gasteiger charge is 2.13. The Kier molecular flexibility index (Phi) is 4.02. The molecule has 18 heavy (non-hydrogen) atoms. The fourth-order valence-electron chi connectivity index (χ4n) is 2.34. The zero-order valence-electron chi connectivity index (χ0n) is 11.6. The molecule has 2 N–H and O–H groups in total. The third-order valence-corrected chi connectivity index (χ3v) is 3.45. The van der Waals surface area contributed by atoms with E-state index in [2.05, 4.69) is 43.5 Å². The molecular weight excluding hydrogens is 222 g/mol. The molecule has 0 saturated carbocycles. The number of benzene rings is 1. The summed E-state index contributed by atoms with van der Waals surface area (Å²) in [5.74, 6) is 1.75. The van der Waals surface area contributed by atoms with Gasteiger partial charge in [0.1, 0.15) is 5.82 Å². The number of rotatable bonds is 5. The van der Waals surface area contributed by atoms with E-state index in [1.54, 1.807) is 0 Å². The van der Waals surface area contributed by atoms with Crippen molar-refractivity contribution >= 4 is 11.0 Å².